The summed E-state index contributed by atoms with van der Waals surface area (Å²) in [4.78, 5) is 0. The van der Waals surface area contributed by atoms with E-state index in [0.717, 1.165) is 11.3 Å². The predicted octanol–water partition coefficient (Wildman–Crippen LogP) is 0.951. The van der Waals surface area contributed by atoms with Gasteiger partial charge in [-0.3, -0.25) is 10.4 Å². The Labute approximate surface area is 54.5 Å². The summed E-state index contributed by atoms with van der Waals surface area (Å²) < 4.78 is 1.72. The number of nitrogens with zero attached hydrogens (tertiary/aromatic N) is 2. The Bertz CT molecular complexity index is 202. The zero-order valence-electron chi connectivity index (χ0n) is 5.89. The molecule has 0 saturated carbocycles. The second kappa shape index (κ2) is 1.76. The topological polar surface area (TPSA) is 41.6 Å². The Hall–Kier alpha value is -0.990. The Balaban J connectivity index is 3.29. The smallest absolute Gasteiger partial charge is 0.169 e. The number of nitrogens with one attached hydrogen (secondary N) is 1. The highest BCUT2D eigenvalue weighted by molar-refractivity contribution is 5.37. The molecule has 1 rings (SSSR count). The van der Waals surface area contributed by atoms with Crippen LogP contribution in [0, 0.1) is 13.8 Å². The van der Waals surface area contributed by atoms with Gasteiger partial charge in [0.05, 0.1) is 0 Å². The molecule has 0 aromatic carbocycles. The van der Waals surface area contributed by atoms with E-state index in [9.17, 15) is 0 Å². The van der Waals surface area contributed by atoms with Crippen LogP contribution in [0.1, 0.15) is 11.3 Å². The fourth-order valence-corrected chi connectivity index (χ4v) is 0.714. The molecule has 0 bridgehead atoms. The van der Waals surface area contributed by atoms with Crippen LogP contribution in [0.4, 0.5) is 5.82 Å². The van der Waals surface area contributed by atoms with Crippen LogP contribution < -0.4 is 5.73 Å². The molecule has 0 atom stereocenters. The van der Waals surface area contributed by atoms with Crippen LogP contribution in [0.25, 0.3) is 0 Å². The molecule has 1 aromatic rings. The van der Waals surface area contributed by atoms with E-state index in [2.05, 4.69) is 5.10 Å². The number of rotatable bonds is 0. The van der Waals surface area contributed by atoms with E-state index < -0.39 is 0 Å². The number of hydrogen-bond acceptors (Lipinski definition) is 1. The SMILES string of the molecule is Cc1c([NH])nn(C)c1C. The highest BCUT2D eigenvalue weighted by Crippen LogP contribution is 2.12. The van der Waals surface area contributed by atoms with Crippen molar-refractivity contribution in [1.82, 2.24) is 15.5 Å². The summed E-state index contributed by atoms with van der Waals surface area (Å²) in [6.07, 6.45) is 0. The monoisotopic (exact) mass is 124 g/mol. The van der Waals surface area contributed by atoms with Crippen molar-refractivity contribution in [2.75, 3.05) is 0 Å². The van der Waals surface area contributed by atoms with Gasteiger partial charge in [-0.2, -0.15) is 5.10 Å². The zero-order valence-corrected chi connectivity index (χ0v) is 5.89. The van der Waals surface area contributed by atoms with Crippen molar-refractivity contribution in [2.24, 2.45) is 7.05 Å². The van der Waals surface area contributed by atoms with Gasteiger partial charge in [0.2, 0.25) is 0 Å². The first-order chi connectivity index (χ1) is 4.13. The number of aromatic nitrogens is 2. The van der Waals surface area contributed by atoms with Gasteiger partial charge in [0, 0.05) is 18.3 Å². The van der Waals surface area contributed by atoms with Crippen molar-refractivity contribution in [2.45, 2.75) is 13.8 Å². The number of aryl methyl sites for hydroxylation is 1. The minimum atomic E-state index is 0.384. The van der Waals surface area contributed by atoms with Crippen molar-refractivity contribution in [1.29, 1.82) is 0 Å². The molecule has 1 radical (unpaired) electrons. The Morgan fingerprint density at radius 2 is 2.00 bits per heavy atom. The van der Waals surface area contributed by atoms with Crippen LogP contribution in [-0.4, -0.2) is 9.78 Å². The van der Waals surface area contributed by atoms with E-state index in [4.69, 9.17) is 5.73 Å². The van der Waals surface area contributed by atoms with Gasteiger partial charge in [-0.25, -0.2) is 0 Å². The standard InChI is InChI=1S/C6H10N3/c1-4-5(2)9(3)8-6(4)7/h7H,1-3H3. The van der Waals surface area contributed by atoms with E-state index in [-0.39, 0.29) is 0 Å². The second-order valence-electron chi connectivity index (χ2n) is 2.18. The quantitative estimate of drug-likeness (QED) is 0.507. The van der Waals surface area contributed by atoms with Crippen molar-refractivity contribution < 1.29 is 0 Å². The van der Waals surface area contributed by atoms with Gasteiger partial charge in [-0.15, -0.1) is 0 Å². The molecule has 1 N–H and O–H groups in total. The van der Waals surface area contributed by atoms with Crippen LogP contribution >= 0.6 is 0 Å². The first-order valence-electron chi connectivity index (χ1n) is 2.84. The third-order valence-corrected chi connectivity index (χ3v) is 1.63. The molecular formula is C6H10N3. The van der Waals surface area contributed by atoms with Crippen LogP contribution in [0.2, 0.25) is 0 Å². The fourth-order valence-electron chi connectivity index (χ4n) is 0.714. The Morgan fingerprint density at radius 3 is 2.11 bits per heavy atom. The summed E-state index contributed by atoms with van der Waals surface area (Å²) in [5.41, 5.74) is 9.29. The summed E-state index contributed by atoms with van der Waals surface area (Å²) in [5.74, 6) is 0.384. The van der Waals surface area contributed by atoms with Gasteiger partial charge in [0.1, 0.15) is 0 Å². The molecule has 3 nitrogen and oxygen atoms in total. The first-order valence-corrected chi connectivity index (χ1v) is 2.84. The zero-order chi connectivity index (χ0) is 7.02. The molecule has 0 unspecified atom stereocenters. The van der Waals surface area contributed by atoms with Gasteiger partial charge in [-0.1, -0.05) is 0 Å². The molecule has 1 aromatic heterocycles. The molecule has 0 spiro atoms. The fraction of sp³-hybridized carbons (Fsp3) is 0.500. The van der Waals surface area contributed by atoms with Crippen LogP contribution in [-0.2, 0) is 7.05 Å². The minimum absolute atomic E-state index is 0.384. The maximum absolute atomic E-state index is 7.25. The summed E-state index contributed by atoms with van der Waals surface area (Å²) in [5, 5.41) is 3.89. The lowest BCUT2D eigenvalue weighted by atomic mass is 10.3. The third-order valence-electron chi connectivity index (χ3n) is 1.63. The van der Waals surface area contributed by atoms with Gasteiger partial charge in [0.15, 0.2) is 5.82 Å². The molecule has 1 heterocycles. The van der Waals surface area contributed by atoms with E-state index in [1.165, 1.54) is 0 Å². The van der Waals surface area contributed by atoms with Crippen molar-refractivity contribution >= 4 is 5.82 Å². The highest BCUT2D eigenvalue weighted by atomic mass is 15.3. The molecular weight excluding hydrogens is 114 g/mol. The van der Waals surface area contributed by atoms with Crippen LogP contribution in [0.15, 0.2) is 0 Å². The first kappa shape index (κ1) is 6.13. The summed E-state index contributed by atoms with van der Waals surface area (Å²) in [7, 11) is 1.85. The largest absolute Gasteiger partial charge is 0.281 e. The Kier molecular flexibility index (Phi) is 1.20. The predicted molar refractivity (Wildman–Crippen MR) is 35.4 cm³/mol. The molecule has 0 saturated heterocycles. The molecule has 9 heavy (non-hydrogen) atoms. The van der Waals surface area contributed by atoms with Gasteiger partial charge in [0.25, 0.3) is 0 Å². The summed E-state index contributed by atoms with van der Waals surface area (Å²) >= 11 is 0. The third kappa shape index (κ3) is 0.781. The number of hydrogen-bond donors (Lipinski definition) is 0. The van der Waals surface area contributed by atoms with Gasteiger partial charge < -0.3 is 0 Å². The maximum Gasteiger partial charge on any atom is 0.169 e. The summed E-state index contributed by atoms with van der Waals surface area (Å²) in [6, 6.07) is 0. The van der Waals surface area contributed by atoms with E-state index in [1.807, 2.05) is 20.9 Å². The van der Waals surface area contributed by atoms with E-state index in [0.29, 0.717) is 5.82 Å². The van der Waals surface area contributed by atoms with Crippen molar-refractivity contribution in [3.63, 3.8) is 0 Å². The van der Waals surface area contributed by atoms with Gasteiger partial charge >= 0.3 is 0 Å². The minimum Gasteiger partial charge on any atom is -0.281 e. The lowest BCUT2D eigenvalue weighted by Crippen LogP contribution is -1.92. The highest BCUT2D eigenvalue weighted by Gasteiger charge is 2.03. The molecule has 3 heteroatoms. The molecule has 0 aliphatic rings. The molecule has 49 valence electrons. The average Bonchev–Trinajstić information content (AvgIpc) is 1.98. The molecule has 0 amide bonds. The average molecular weight is 124 g/mol. The molecule has 0 aliphatic heterocycles. The van der Waals surface area contributed by atoms with Gasteiger partial charge in [-0.05, 0) is 13.8 Å². The lowest BCUT2D eigenvalue weighted by molar-refractivity contribution is 0.739. The normalized spacial score (nSPS) is 10.1. The maximum atomic E-state index is 7.25. The molecule has 0 fully saturated rings. The van der Waals surface area contributed by atoms with E-state index in [1.54, 1.807) is 4.68 Å². The van der Waals surface area contributed by atoms with E-state index >= 15 is 0 Å². The lowest BCUT2D eigenvalue weighted by Gasteiger charge is -1.90. The molecule has 0 aliphatic carbocycles. The Morgan fingerprint density at radius 1 is 1.44 bits per heavy atom. The van der Waals surface area contributed by atoms with Crippen molar-refractivity contribution in [3.8, 4) is 0 Å². The van der Waals surface area contributed by atoms with Crippen LogP contribution in [0.5, 0.6) is 0 Å². The second-order valence-corrected chi connectivity index (χ2v) is 2.18. The van der Waals surface area contributed by atoms with Crippen molar-refractivity contribution in [3.05, 3.63) is 11.3 Å². The summed E-state index contributed by atoms with van der Waals surface area (Å²) in [6.45, 7) is 3.87. The van der Waals surface area contributed by atoms with Crippen LogP contribution in [0.3, 0.4) is 0 Å².